The molecule has 2 aromatic rings. The zero-order valence-corrected chi connectivity index (χ0v) is 14.7. The van der Waals surface area contributed by atoms with Crippen molar-refractivity contribution in [3.63, 3.8) is 0 Å². The van der Waals surface area contributed by atoms with Crippen LogP contribution in [-0.2, 0) is 6.42 Å². The lowest BCUT2D eigenvalue weighted by Crippen LogP contribution is -2.33. The van der Waals surface area contributed by atoms with E-state index < -0.39 is 11.7 Å². The number of carbonyl (C=O) groups excluding carboxylic acids is 1. The second kappa shape index (κ2) is 8.11. The highest BCUT2D eigenvalue weighted by molar-refractivity contribution is 9.10. The minimum atomic E-state index is -0.520. The van der Waals surface area contributed by atoms with Crippen LogP contribution in [0, 0.1) is 5.82 Å². The lowest BCUT2D eigenvalue weighted by atomic mass is 10.1. The fourth-order valence-electron chi connectivity index (χ4n) is 2.22. The molecule has 0 bridgehead atoms. The molecule has 0 spiro atoms. The number of amides is 1. The van der Waals surface area contributed by atoms with Crippen LogP contribution < -0.4 is 10.1 Å². The zero-order valence-electron chi connectivity index (χ0n) is 13.1. The van der Waals surface area contributed by atoms with E-state index in [1.165, 1.54) is 17.7 Å². The quantitative estimate of drug-likeness (QED) is 0.809. The number of hydrogen-bond acceptors (Lipinski definition) is 2. The summed E-state index contributed by atoms with van der Waals surface area (Å²) in [6.07, 6.45) is 1.60. The van der Waals surface area contributed by atoms with Crippen LogP contribution >= 0.6 is 15.9 Å². The Morgan fingerprint density at radius 1 is 1.26 bits per heavy atom. The molecule has 0 saturated heterocycles. The van der Waals surface area contributed by atoms with Crippen molar-refractivity contribution in [3.05, 3.63) is 63.9 Å². The Morgan fingerprint density at radius 2 is 1.96 bits per heavy atom. The molecule has 1 unspecified atom stereocenters. The summed E-state index contributed by atoms with van der Waals surface area (Å²) in [6.45, 7) is 1.91. The van der Waals surface area contributed by atoms with Gasteiger partial charge in [-0.2, -0.15) is 0 Å². The average molecular weight is 380 g/mol. The van der Waals surface area contributed by atoms with E-state index in [1.807, 2.05) is 31.2 Å². The normalized spacial score (nSPS) is 11.8. The van der Waals surface area contributed by atoms with E-state index in [0.717, 1.165) is 18.6 Å². The molecule has 0 aliphatic carbocycles. The molecule has 5 heteroatoms. The van der Waals surface area contributed by atoms with Gasteiger partial charge < -0.3 is 10.1 Å². The third kappa shape index (κ3) is 5.06. The monoisotopic (exact) mass is 379 g/mol. The maximum atomic E-state index is 13.7. The first kappa shape index (κ1) is 17.5. The van der Waals surface area contributed by atoms with Crippen molar-refractivity contribution in [1.29, 1.82) is 0 Å². The molecule has 0 saturated carbocycles. The molecule has 0 aromatic heterocycles. The number of aryl methyl sites for hydroxylation is 1. The van der Waals surface area contributed by atoms with Crippen molar-refractivity contribution in [3.8, 4) is 5.75 Å². The van der Waals surface area contributed by atoms with Gasteiger partial charge in [-0.25, -0.2) is 4.39 Å². The summed E-state index contributed by atoms with van der Waals surface area (Å²) in [5.74, 6) is -0.0979. The van der Waals surface area contributed by atoms with Crippen LogP contribution in [-0.4, -0.2) is 19.1 Å². The molecule has 2 rings (SSSR count). The van der Waals surface area contributed by atoms with Crippen LogP contribution in [0.3, 0.4) is 0 Å². The molecular weight excluding hydrogens is 361 g/mol. The smallest absolute Gasteiger partial charge is 0.254 e. The van der Waals surface area contributed by atoms with E-state index in [0.29, 0.717) is 4.47 Å². The molecule has 1 amide bonds. The molecule has 1 atom stereocenters. The number of ether oxygens (including phenoxy) is 1. The second-order valence-electron chi connectivity index (χ2n) is 5.39. The van der Waals surface area contributed by atoms with Crippen LogP contribution in [0.25, 0.3) is 0 Å². The van der Waals surface area contributed by atoms with Crippen molar-refractivity contribution >= 4 is 21.8 Å². The Morgan fingerprint density at radius 3 is 2.61 bits per heavy atom. The van der Waals surface area contributed by atoms with Gasteiger partial charge >= 0.3 is 0 Å². The van der Waals surface area contributed by atoms with Crippen LogP contribution in [0.4, 0.5) is 4.39 Å². The number of halogens is 2. The lowest BCUT2D eigenvalue weighted by Gasteiger charge is -2.14. The van der Waals surface area contributed by atoms with E-state index in [-0.39, 0.29) is 11.6 Å². The number of methoxy groups -OCH3 is 1. The van der Waals surface area contributed by atoms with Gasteiger partial charge in [0.2, 0.25) is 0 Å². The minimum Gasteiger partial charge on any atom is -0.497 e. The van der Waals surface area contributed by atoms with E-state index in [9.17, 15) is 9.18 Å². The number of rotatable bonds is 6. The highest BCUT2D eigenvalue weighted by Gasteiger charge is 2.14. The third-order valence-corrected chi connectivity index (χ3v) is 4.07. The van der Waals surface area contributed by atoms with E-state index in [2.05, 4.69) is 21.2 Å². The molecule has 23 heavy (non-hydrogen) atoms. The molecule has 2 aromatic carbocycles. The van der Waals surface area contributed by atoms with Gasteiger partial charge in [-0.05, 0) is 55.7 Å². The number of carbonyl (C=O) groups is 1. The minimum absolute atomic E-state index is 0.0515. The van der Waals surface area contributed by atoms with E-state index >= 15 is 0 Å². The Hall–Kier alpha value is -1.88. The van der Waals surface area contributed by atoms with Crippen molar-refractivity contribution in [2.75, 3.05) is 7.11 Å². The first-order valence-electron chi connectivity index (χ1n) is 7.38. The standard InChI is InChI=1S/C18H19BrFNO2/c1-12(3-4-13-5-8-15(23-2)9-6-13)21-18(22)16-11-14(19)7-10-17(16)20/h5-12H,3-4H2,1-2H3,(H,21,22). The first-order valence-corrected chi connectivity index (χ1v) is 8.17. The van der Waals surface area contributed by atoms with Gasteiger partial charge in [-0.3, -0.25) is 4.79 Å². The van der Waals surface area contributed by atoms with Gasteiger partial charge in [0.1, 0.15) is 11.6 Å². The van der Waals surface area contributed by atoms with Gasteiger partial charge in [0.15, 0.2) is 0 Å². The van der Waals surface area contributed by atoms with E-state index in [1.54, 1.807) is 13.2 Å². The first-order chi connectivity index (χ1) is 11.0. The fraction of sp³-hybridized carbons (Fsp3) is 0.278. The van der Waals surface area contributed by atoms with Crippen LogP contribution in [0.1, 0.15) is 29.3 Å². The Kier molecular flexibility index (Phi) is 6.16. The maximum absolute atomic E-state index is 13.7. The molecule has 1 N–H and O–H groups in total. The Bertz CT molecular complexity index is 673. The lowest BCUT2D eigenvalue weighted by molar-refractivity contribution is 0.0934. The summed E-state index contributed by atoms with van der Waals surface area (Å²) in [4.78, 5) is 12.1. The van der Waals surface area contributed by atoms with Gasteiger partial charge in [-0.1, -0.05) is 28.1 Å². The van der Waals surface area contributed by atoms with Gasteiger partial charge in [-0.15, -0.1) is 0 Å². The van der Waals surface area contributed by atoms with Gasteiger partial charge in [0.05, 0.1) is 12.7 Å². The average Bonchev–Trinajstić information content (AvgIpc) is 2.55. The highest BCUT2D eigenvalue weighted by atomic mass is 79.9. The highest BCUT2D eigenvalue weighted by Crippen LogP contribution is 2.16. The Labute approximate surface area is 144 Å². The molecule has 3 nitrogen and oxygen atoms in total. The molecule has 0 fully saturated rings. The number of nitrogens with one attached hydrogen (secondary N) is 1. The van der Waals surface area contributed by atoms with Crippen LogP contribution in [0.2, 0.25) is 0 Å². The molecular formula is C18H19BrFNO2. The van der Waals surface area contributed by atoms with Crippen molar-refractivity contribution in [2.45, 2.75) is 25.8 Å². The van der Waals surface area contributed by atoms with Gasteiger partial charge in [0, 0.05) is 10.5 Å². The summed E-state index contributed by atoms with van der Waals surface area (Å²) in [5, 5.41) is 2.83. The zero-order chi connectivity index (χ0) is 16.8. The summed E-state index contributed by atoms with van der Waals surface area (Å²) in [6, 6.07) is 12.1. The number of benzene rings is 2. The van der Waals surface area contributed by atoms with Gasteiger partial charge in [0.25, 0.3) is 5.91 Å². The van der Waals surface area contributed by atoms with E-state index in [4.69, 9.17) is 4.74 Å². The van der Waals surface area contributed by atoms with Crippen molar-refractivity contribution < 1.29 is 13.9 Å². The number of hydrogen-bond donors (Lipinski definition) is 1. The summed E-state index contributed by atoms with van der Waals surface area (Å²) < 4.78 is 19.5. The summed E-state index contributed by atoms with van der Waals surface area (Å²) in [5.41, 5.74) is 1.22. The topological polar surface area (TPSA) is 38.3 Å². The molecule has 0 heterocycles. The summed E-state index contributed by atoms with van der Waals surface area (Å²) in [7, 11) is 1.63. The third-order valence-electron chi connectivity index (χ3n) is 3.58. The molecule has 122 valence electrons. The Balaban J connectivity index is 1.89. The predicted molar refractivity (Wildman–Crippen MR) is 92.3 cm³/mol. The summed E-state index contributed by atoms with van der Waals surface area (Å²) >= 11 is 3.25. The second-order valence-corrected chi connectivity index (χ2v) is 6.30. The molecule has 0 radical (unpaired) electrons. The van der Waals surface area contributed by atoms with Crippen molar-refractivity contribution in [1.82, 2.24) is 5.32 Å². The fourth-order valence-corrected chi connectivity index (χ4v) is 2.58. The van der Waals surface area contributed by atoms with Crippen molar-refractivity contribution in [2.24, 2.45) is 0 Å². The SMILES string of the molecule is COc1ccc(CCC(C)NC(=O)c2cc(Br)ccc2F)cc1. The largest absolute Gasteiger partial charge is 0.497 e. The maximum Gasteiger partial charge on any atom is 0.254 e. The van der Waals surface area contributed by atoms with Crippen LogP contribution in [0.5, 0.6) is 5.75 Å². The molecule has 0 aliphatic rings. The molecule has 0 aliphatic heterocycles. The predicted octanol–water partition coefficient (Wildman–Crippen LogP) is 4.35. The van der Waals surface area contributed by atoms with Crippen LogP contribution in [0.15, 0.2) is 46.9 Å².